The largest absolute Gasteiger partial charge is 0.345 e. The number of rotatable bonds is 8. The fraction of sp³-hybridized carbons (Fsp3) is 0.263. The van der Waals surface area contributed by atoms with Gasteiger partial charge in [0.25, 0.3) is 0 Å². The van der Waals surface area contributed by atoms with Crippen LogP contribution in [0.4, 0.5) is 5.69 Å². The average Bonchev–Trinajstić information content (AvgIpc) is 3.87. The number of anilines is 1. The summed E-state index contributed by atoms with van der Waals surface area (Å²) in [4.78, 5) is 5.40. The monoisotopic (exact) mass is 766 g/mol. The minimum atomic E-state index is -0.275. The molecule has 0 saturated heterocycles. The van der Waals surface area contributed by atoms with Gasteiger partial charge in [0, 0.05) is 40.8 Å². The van der Waals surface area contributed by atoms with Gasteiger partial charge >= 0.3 is 0 Å². The van der Waals surface area contributed by atoms with E-state index in [1.165, 1.54) is 98.4 Å². The Hall–Kier alpha value is -5.86. The van der Waals surface area contributed by atoms with Crippen molar-refractivity contribution in [2.24, 2.45) is 0 Å². The van der Waals surface area contributed by atoms with Crippen LogP contribution in [0.1, 0.15) is 98.9 Å². The third-order valence-corrected chi connectivity index (χ3v) is 14.7. The average molecular weight is 767 g/mol. The summed E-state index contributed by atoms with van der Waals surface area (Å²) in [5, 5.41) is 0. The molecule has 59 heavy (non-hydrogen) atoms. The van der Waals surface area contributed by atoms with E-state index in [-0.39, 0.29) is 10.8 Å². The predicted molar refractivity (Wildman–Crippen MR) is 247 cm³/mol. The lowest BCUT2D eigenvalue weighted by atomic mass is 9.67. The first-order valence-electron chi connectivity index (χ1n) is 22.3. The molecule has 0 fully saturated rings. The van der Waals surface area contributed by atoms with Gasteiger partial charge < -0.3 is 9.80 Å². The van der Waals surface area contributed by atoms with Crippen molar-refractivity contribution in [1.29, 1.82) is 0 Å². The molecule has 0 aromatic heterocycles. The van der Waals surface area contributed by atoms with Crippen molar-refractivity contribution in [2.75, 3.05) is 11.4 Å². The first kappa shape index (κ1) is 36.2. The third-order valence-electron chi connectivity index (χ3n) is 14.7. The van der Waals surface area contributed by atoms with Crippen LogP contribution >= 0.6 is 0 Å². The van der Waals surface area contributed by atoms with Gasteiger partial charge in [-0.1, -0.05) is 159 Å². The van der Waals surface area contributed by atoms with Gasteiger partial charge in [0.2, 0.25) is 0 Å². The van der Waals surface area contributed by atoms with E-state index in [1.54, 1.807) is 11.3 Å². The molecule has 0 radical (unpaired) electrons. The molecule has 0 saturated carbocycles. The summed E-state index contributed by atoms with van der Waals surface area (Å²) in [5.74, 6) is 0. The molecule has 1 spiro atoms. The van der Waals surface area contributed by atoms with Crippen LogP contribution in [-0.2, 0) is 10.8 Å². The van der Waals surface area contributed by atoms with Gasteiger partial charge in [0.15, 0.2) is 0 Å². The molecule has 11 rings (SSSR count). The summed E-state index contributed by atoms with van der Waals surface area (Å²) in [6.45, 7) is 7.63. The highest BCUT2D eigenvalue weighted by Crippen LogP contribution is 2.65. The number of nitrogens with zero attached hydrogens (tertiary/aromatic N) is 2. The van der Waals surface area contributed by atoms with Gasteiger partial charge in [-0.25, -0.2) is 0 Å². The molecule has 2 heteroatoms. The number of benzene rings is 4. The lowest BCUT2D eigenvalue weighted by molar-refractivity contribution is 0.314. The number of hydrogen-bond donors (Lipinski definition) is 0. The summed E-state index contributed by atoms with van der Waals surface area (Å²) >= 11 is 0. The van der Waals surface area contributed by atoms with E-state index in [9.17, 15) is 0 Å². The fourth-order valence-corrected chi connectivity index (χ4v) is 12.3. The fourth-order valence-electron chi connectivity index (χ4n) is 12.3. The molecule has 4 aromatic rings. The van der Waals surface area contributed by atoms with Gasteiger partial charge in [0.1, 0.15) is 0 Å². The molecule has 0 amide bonds. The van der Waals surface area contributed by atoms with Gasteiger partial charge in [-0.3, -0.25) is 0 Å². The second-order valence-corrected chi connectivity index (χ2v) is 17.8. The summed E-state index contributed by atoms with van der Waals surface area (Å²) in [6.07, 6.45) is 34.9. The van der Waals surface area contributed by atoms with Crippen LogP contribution in [0.5, 0.6) is 0 Å². The molecule has 2 atom stereocenters. The molecule has 292 valence electrons. The van der Waals surface area contributed by atoms with E-state index >= 15 is 0 Å². The van der Waals surface area contributed by atoms with Crippen molar-refractivity contribution in [1.82, 2.24) is 4.90 Å². The maximum Gasteiger partial charge on any atom is 0.0688 e. The lowest BCUT2D eigenvalue weighted by Gasteiger charge is -2.44. The van der Waals surface area contributed by atoms with Crippen molar-refractivity contribution in [3.05, 3.63) is 226 Å². The van der Waals surface area contributed by atoms with E-state index < -0.39 is 0 Å². The zero-order valence-corrected chi connectivity index (χ0v) is 34.5. The zero-order chi connectivity index (χ0) is 39.6. The Morgan fingerprint density at radius 1 is 0.746 bits per heavy atom. The molecule has 6 aliphatic carbocycles. The SMILES string of the molecule is C=C/C=C(\C=C/CN(C1=CC=CCC1)C1=CCC2N(C3=CCCCC3)c3ccccc3[C@]2(C)C1)C1=CCCC2=C1c1ccccc1C21c2ccccc2-c2ccccc21. The van der Waals surface area contributed by atoms with E-state index in [0.717, 1.165) is 45.1 Å². The van der Waals surface area contributed by atoms with Crippen molar-refractivity contribution < 1.29 is 0 Å². The number of fused-ring (bicyclic) bond motifs is 12. The number of para-hydroxylation sites is 1. The molecule has 1 heterocycles. The summed E-state index contributed by atoms with van der Waals surface area (Å²) in [6, 6.07) is 37.3. The Morgan fingerprint density at radius 3 is 2.17 bits per heavy atom. The summed E-state index contributed by atoms with van der Waals surface area (Å²) < 4.78 is 0. The van der Waals surface area contributed by atoms with E-state index in [0.29, 0.717) is 6.04 Å². The van der Waals surface area contributed by atoms with E-state index in [4.69, 9.17) is 0 Å². The van der Waals surface area contributed by atoms with Crippen LogP contribution in [0.15, 0.2) is 198 Å². The van der Waals surface area contributed by atoms with Crippen LogP contribution in [0.25, 0.3) is 16.7 Å². The standard InChI is InChI=1S/C57H54N2/c1-3-20-40(44-29-18-34-52-55(44)47-28-12-15-32-50(47)57(52)48-30-13-10-26-45(48)46-27-11-14-31-49(46)57)21-19-38-58(41-22-6-4-7-23-41)43-36-37-54-56(2,39-43)51-33-16-17-35-53(51)59(54)42-24-8-5-9-25-42/h3-4,6,10-17,19-22,24,26-33,35-36,54H,1,5,7-9,18,23,25,34,37-39H2,2H3/b21-19-,40-20+/t54?,56-/m0/s1. The Kier molecular flexibility index (Phi) is 8.88. The van der Waals surface area contributed by atoms with Crippen molar-refractivity contribution in [2.45, 2.75) is 88.0 Å². The molecular formula is C57H54N2. The Balaban J connectivity index is 0.957. The maximum atomic E-state index is 4.24. The quantitative estimate of drug-likeness (QED) is 0.165. The Morgan fingerprint density at radius 2 is 1.46 bits per heavy atom. The van der Waals surface area contributed by atoms with Crippen LogP contribution in [-0.4, -0.2) is 17.5 Å². The van der Waals surface area contributed by atoms with Gasteiger partial charge in [-0.15, -0.1) is 0 Å². The second-order valence-electron chi connectivity index (χ2n) is 17.8. The molecular weight excluding hydrogens is 713 g/mol. The third kappa shape index (κ3) is 5.45. The highest BCUT2D eigenvalue weighted by atomic mass is 15.2. The van der Waals surface area contributed by atoms with Crippen molar-refractivity contribution >= 4 is 11.3 Å². The Bertz CT molecular complexity index is 2600. The molecule has 4 aromatic carbocycles. The molecule has 0 N–H and O–H groups in total. The van der Waals surface area contributed by atoms with Crippen LogP contribution in [0, 0.1) is 0 Å². The van der Waals surface area contributed by atoms with Gasteiger partial charge in [-0.05, 0) is 138 Å². The first-order chi connectivity index (χ1) is 29.1. The van der Waals surface area contributed by atoms with Crippen LogP contribution in [0.3, 0.4) is 0 Å². The molecule has 1 aliphatic heterocycles. The minimum absolute atomic E-state index is 0.0407. The molecule has 7 aliphatic rings. The highest BCUT2D eigenvalue weighted by molar-refractivity contribution is 6.00. The number of hydrogen-bond acceptors (Lipinski definition) is 2. The normalized spacial score (nSPS) is 23.4. The number of allylic oxidation sites excluding steroid dienone is 15. The zero-order valence-electron chi connectivity index (χ0n) is 34.5. The van der Waals surface area contributed by atoms with Gasteiger partial charge in [0.05, 0.1) is 5.41 Å². The molecule has 0 bridgehead atoms. The maximum absolute atomic E-state index is 4.24. The van der Waals surface area contributed by atoms with Crippen LogP contribution < -0.4 is 4.90 Å². The second kappa shape index (κ2) is 14.5. The van der Waals surface area contributed by atoms with Crippen molar-refractivity contribution in [3.8, 4) is 11.1 Å². The highest BCUT2D eigenvalue weighted by Gasteiger charge is 2.54. The lowest BCUT2D eigenvalue weighted by Crippen LogP contribution is -2.46. The predicted octanol–water partition coefficient (Wildman–Crippen LogP) is 14.0. The minimum Gasteiger partial charge on any atom is -0.345 e. The van der Waals surface area contributed by atoms with E-state index in [1.807, 2.05) is 6.08 Å². The summed E-state index contributed by atoms with van der Waals surface area (Å²) in [7, 11) is 0. The first-order valence-corrected chi connectivity index (χ1v) is 22.3. The van der Waals surface area contributed by atoms with Gasteiger partial charge in [-0.2, -0.15) is 0 Å². The smallest absolute Gasteiger partial charge is 0.0688 e. The van der Waals surface area contributed by atoms with Crippen LogP contribution in [0.2, 0.25) is 0 Å². The van der Waals surface area contributed by atoms with Crippen molar-refractivity contribution in [3.63, 3.8) is 0 Å². The van der Waals surface area contributed by atoms with E-state index in [2.05, 4.69) is 175 Å². The molecule has 2 nitrogen and oxygen atoms in total. The molecule has 1 unspecified atom stereocenters. The Labute approximate surface area is 351 Å². The topological polar surface area (TPSA) is 6.48 Å². The summed E-state index contributed by atoms with van der Waals surface area (Å²) in [5.41, 5.74) is 21.1.